The lowest BCUT2D eigenvalue weighted by Crippen LogP contribution is -2.23. The number of hydrogen-bond donors (Lipinski definition) is 1. The molecule has 0 bridgehead atoms. The van der Waals surface area contributed by atoms with Crippen LogP contribution in [0, 0.1) is 10.1 Å². The highest BCUT2D eigenvalue weighted by atomic mass is 16.6. The Morgan fingerprint density at radius 3 is 2.43 bits per heavy atom. The molecule has 2 atom stereocenters. The summed E-state index contributed by atoms with van der Waals surface area (Å²) in [7, 11) is 0. The Hall–Kier alpha value is -1.42. The zero-order valence-electron chi connectivity index (χ0n) is 8.31. The van der Waals surface area contributed by atoms with Crippen molar-refractivity contribution in [2.45, 2.75) is 25.8 Å². The molecule has 0 aliphatic rings. The predicted molar refractivity (Wildman–Crippen MR) is 55.2 cm³/mol. The summed E-state index contributed by atoms with van der Waals surface area (Å²) in [6.07, 6.45) is 0. The van der Waals surface area contributed by atoms with Gasteiger partial charge in [0, 0.05) is 23.6 Å². The molecule has 4 nitrogen and oxygen atoms in total. The third-order valence-electron chi connectivity index (χ3n) is 2.41. The number of nitrogens with two attached hydrogens (primary N) is 1. The van der Waals surface area contributed by atoms with Crippen molar-refractivity contribution < 1.29 is 4.92 Å². The fourth-order valence-corrected chi connectivity index (χ4v) is 1.32. The predicted octanol–water partition coefficient (Wildman–Crippen LogP) is 2.05. The molecule has 0 aliphatic carbocycles. The Bertz CT molecular complexity index is 337. The summed E-state index contributed by atoms with van der Waals surface area (Å²) in [5, 5.41) is 10.7. The number of para-hydroxylation sites is 1. The van der Waals surface area contributed by atoms with Crippen LogP contribution in [0.1, 0.15) is 25.3 Å². The molecule has 0 radical (unpaired) electrons. The normalized spacial score (nSPS) is 14.8. The molecule has 0 aliphatic heterocycles. The smallest absolute Gasteiger partial charge is 0.272 e. The van der Waals surface area contributed by atoms with Crippen LogP contribution in [0.4, 0.5) is 5.69 Å². The average Bonchev–Trinajstić information content (AvgIpc) is 2.16. The van der Waals surface area contributed by atoms with Gasteiger partial charge in [0.15, 0.2) is 0 Å². The molecule has 4 heteroatoms. The zero-order chi connectivity index (χ0) is 10.7. The zero-order valence-corrected chi connectivity index (χ0v) is 8.31. The molecule has 0 saturated carbocycles. The first-order valence-corrected chi connectivity index (χ1v) is 4.53. The Morgan fingerprint density at radius 1 is 1.36 bits per heavy atom. The van der Waals surface area contributed by atoms with E-state index < -0.39 is 0 Å². The van der Waals surface area contributed by atoms with E-state index in [2.05, 4.69) is 0 Å². The standard InChI is InChI=1S/C10H14N2O2/c1-7(8(2)11)9-5-3-4-6-10(9)12(13)14/h3-8H,11H2,1-2H3. The van der Waals surface area contributed by atoms with Crippen LogP contribution < -0.4 is 5.73 Å². The number of hydrogen-bond acceptors (Lipinski definition) is 3. The summed E-state index contributed by atoms with van der Waals surface area (Å²) in [4.78, 5) is 10.3. The van der Waals surface area contributed by atoms with E-state index in [1.54, 1.807) is 18.2 Å². The van der Waals surface area contributed by atoms with Crippen LogP contribution in [0.15, 0.2) is 24.3 Å². The first-order chi connectivity index (χ1) is 6.54. The summed E-state index contributed by atoms with van der Waals surface area (Å²) in [6, 6.07) is 6.63. The molecule has 1 aromatic carbocycles. The van der Waals surface area contributed by atoms with Gasteiger partial charge in [0.1, 0.15) is 0 Å². The third kappa shape index (κ3) is 2.09. The van der Waals surface area contributed by atoms with Crippen molar-refractivity contribution >= 4 is 5.69 Å². The maximum absolute atomic E-state index is 10.7. The van der Waals surface area contributed by atoms with E-state index in [1.165, 1.54) is 6.07 Å². The van der Waals surface area contributed by atoms with E-state index in [0.717, 1.165) is 0 Å². The Kier molecular flexibility index (Phi) is 3.19. The fourth-order valence-electron chi connectivity index (χ4n) is 1.32. The van der Waals surface area contributed by atoms with Gasteiger partial charge in [-0.1, -0.05) is 25.1 Å². The Morgan fingerprint density at radius 2 is 1.93 bits per heavy atom. The van der Waals surface area contributed by atoms with E-state index in [-0.39, 0.29) is 22.6 Å². The minimum Gasteiger partial charge on any atom is -0.327 e. The van der Waals surface area contributed by atoms with Crippen molar-refractivity contribution in [1.29, 1.82) is 0 Å². The molecule has 0 spiro atoms. The lowest BCUT2D eigenvalue weighted by atomic mass is 9.94. The largest absolute Gasteiger partial charge is 0.327 e. The highest BCUT2D eigenvalue weighted by Gasteiger charge is 2.20. The number of nitro benzene ring substituents is 1. The second-order valence-corrected chi connectivity index (χ2v) is 3.46. The molecule has 0 aromatic heterocycles. The summed E-state index contributed by atoms with van der Waals surface area (Å²) in [6.45, 7) is 3.74. The van der Waals surface area contributed by atoms with Crippen molar-refractivity contribution in [3.05, 3.63) is 39.9 Å². The van der Waals surface area contributed by atoms with Gasteiger partial charge in [0.2, 0.25) is 0 Å². The summed E-state index contributed by atoms with van der Waals surface area (Å²) < 4.78 is 0. The van der Waals surface area contributed by atoms with Crippen LogP contribution in [0.25, 0.3) is 0 Å². The summed E-state index contributed by atoms with van der Waals surface area (Å²) >= 11 is 0. The minimum absolute atomic E-state index is 0.00315. The maximum Gasteiger partial charge on any atom is 0.272 e. The van der Waals surface area contributed by atoms with Gasteiger partial charge in [-0.05, 0) is 6.92 Å². The number of nitrogens with zero attached hydrogens (tertiary/aromatic N) is 1. The molecule has 0 saturated heterocycles. The molecule has 76 valence electrons. The van der Waals surface area contributed by atoms with Crippen molar-refractivity contribution in [2.75, 3.05) is 0 Å². The first kappa shape index (κ1) is 10.7. The van der Waals surface area contributed by atoms with Gasteiger partial charge in [0.05, 0.1) is 4.92 Å². The van der Waals surface area contributed by atoms with Gasteiger partial charge in [-0.3, -0.25) is 10.1 Å². The van der Waals surface area contributed by atoms with Crippen LogP contribution in [0.2, 0.25) is 0 Å². The number of nitro groups is 1. The van der Waals surface area contributed by atoms with E-state index in [4.69, 9.17) is 5.73 Å². The van der Waals surface area contributed by atoms with Gasteiger partial charge in [-0.25, -0.2) is 0 Å². The van der Waals surface area contributed by atoms with Crippen LogP contribution in [0.3, 0.4) is 0 Å². The van der Waals surface area contributed by atoms with E-state index >= 15 is 0 Å². The third-order valence-corrected chi connectivity index (χ3v) is 2.41. The Balaban J connectivity index is 3.13. The van der Waals surface area contributed by atoms with Gasteiger partial charge in [0.25, 0.3) is 5.69 Å². The molecule has 0 fully saturated rings. The molecule has 2 N–H and O–H groups in total. The van der Waals surface area contributed by atoms with E-state index in [1.807, 2.05) is 13.8 Å². The molecular formula is C10H14N2O2. The minimum atomic E-state index is -0.367. The average molecular weight is 194 g/mol. The van der Waals surface area contributed by atoms with Crippen LogP contribution in [-0.4, -0.2) is 11.0 Å². The summed E-state index contributed by atoms with van der Waals surface area (Å²) in [5.41, 5.74) is 6.57. The lowest BCUT2D eigenvalue weighted by molar-refractivity contribution is -0.385. The highest BCUT2D eigenvalue weighted by molar-refractivity contribution is 5.42. The van der Waals surface area contributed by atoms with Gasteiger partial charge < -0.3 is 5.73 Å². The second kappa shape index (κ2) is 4.19. The van der Waals surface area contributed by atoms with Gasteiger partial charge >= 0.3 is 0 Å². The molecule has 0 heterocycles. The van der Waals surface area contributed by atoms with Crippen molar-refractivity contribution in [3.63, 3.8) is 0 Å². The lowest BCUT2D eigenvalue weighted by Gasteiger charge is -2.15. The molecule has 1 aromatic rings. The maximum atomic E-state index is 10.7. The monoisotopic (exact) mass is 194 g/mol. The quantitative estimate of drug-likeness (QED) is 0.591. The van der Waals surface area contributed by atoms with Crippen molar-refractivity contribution in [2.24, 2.45) is 5.73 Å². The van der Waals surface area contributed by atoms with E-state index in [9.17, 15) is 10.1 Å². The van der Waals surface area contributed by atoms with Crippen LogP contribution in [-0.2, 0) is 0 Å². The van der Waals surface area contributed by atoms with Crippen molar-refractivity contribution in [1.82, 2.24) is 0 Å². The SMILES string of the molecule is CC(N)C(C)c1ccccc1[N+](=O)[O-]. The van der Waals surface area contributed by atoms with Gasteiger partial charge in [-0.2, -0.15) is 0 Å². The molecule has 1 rings (SSSR count). The molecular weight excluding hydrogens is 180 g/mol. The fraction of sp³-hybridized carbons (Fsp3) is 0.400. The van der Waals surface area contributed by atoms with E-state index in [0.29, 0.717) is 5.56 Å². The van der Waals surface area contributed by atoms with Crippen LogP contribution in [0.5, 0.6) is 0 Å². The van der Waals surface area contributed by atoms with Gasteiger partial charge in [-0.15, -0.1) is 0 Å². The summed E-state index contributed by atoms with van der Waals surface area (Å²) in [5.74, 6) is -0.00315. The first-order valence-electron chi connectivity index (χ1n) is 4.53. The number of rotatable bonds is 3. The molecule has 0 amide bonds. The highest BCUT2D eigenvalue weighted by Crippen LogP contribution is 2.27. The van der Waals surface area contributed by atoms with Crippen LogP contribution >= 0.6 is 0 Å². The molecule has 14 heavy (non-hydrogen) atoms. The second-order valence-electron chi connectivity index (χ2n) is 3.46. The topological polar surface area (TPSA) is 69.2 Å². The number of benzene rings is 1. The molecule has 2 unspecified atom stereocenters. The van der Waals surface area contributed by atoms with Crippen molar-refractivity contribution in [3.8, 4) is 0 Å². The Labute approximate surface area is 82.9 Å².